The standard InChI is InChI=1S/C20H22Cl2N2O2S/c1-13-15(21)5-3-7-17(13)23-19(25)9-11-27-12-10-20(26)24-18-8-4-6-16(22)14(18)2/h3-8H,9-12H2,1-2H3,(H,23,25)(H,24,26). The number of amides is 2. The van der Waals surface area contributed by atoms with Crippen molar-refractivity contribution >= 4 is 58.2 Å². The third kappa shape index (κ3) is 6.76. The molecule has 2 amide bonds. The highest BCUT2D eigenvalue weighted by Crippen LogP contribution is 2.24. The van der Waals surface area contributed by atoms with Gasteiger partial charge in [-0.1, -0.05) is 35.3 Å². The van der Waals surface area contributed by atoms with E-state index in [0.29, 0.717) is 34.4 Å². The first-order valence-electron chi connectivity index (χ1n) is 8.56. The van der Waals surface area contributed by atoms with E-state index in [9.17, 15) is 9.59 Å². The molecule has 0 spiro atoms. The Balaban J connectivity index is 1.66. The number of carbonyl (C=O) groups excluding carboxylic acids is 2. The number of thioether (sulfide) groups is 1. The van der Waals surface area contributed by atoms with E-state index in [1.165, 1.54) is 0 Å². The molecule has 144 valence electrons. The Morgan fingerprint density at radius 1 is 0.815 bits per heavy atom. The van der Waals surface area contributed by atoms with Crippen LogP contribution in [0.15, 0.2) is 36.4 Å². The highest BCUT2D eigenvalue weighted by atomic mass is 35.5. The van der Waals surface area contributed by atoms with Crippen molar-refractivity contribution in [1.29, 1.82) is 0 Å². The molecule has 2 rings (SSSR count). The van der Waals surface area contributed by atoms with Crippen LogP contribution >= 0.6 is 35.0 Å². The van der Waals surface area contributed by atoms with E-state index >= 15 is 0 Å². The number of rotatable bonds is 8. The predicted molar refractivity (Wildman–Crippen MR) is 116 cm³/mol. The SMILES string of the molecule is Cc1c(Cl)cccc1NC(=O)CCSCCC(=O)Nc1cccc(Cl)c1C. The maximum Gasteiger partial charge on any atom is 0.225 e. The van der Waals surface area contributed by atoms with Crippen LogP contribution in [0.25, 0.3) is 0 Å². The van der Waals surface area contributed by atoms with Crippen molar-refractivity contribution < 1.29 is 9.59 Å². The number of carbonyl (C=O) groups is 2. The average molecular weight is 425 g/mol. The van der Waals surface area contributed by atoms with Gasteiger partial charge >= 0.3 is 0 Å². The minimum Gasteiger partial charge on any atom is -0.326 e. The number of hydrogen-bond donors (Lipinski definition) is 2. The first-order chi connectivity index (χ1) is 12.9. The zero-order chi connectivity index (χ0) is 19.8. The summed E-state index contributed by atoms with van der Waals surface area (Å²) >= 11 is 13.7. The van der Waals surface area contributed by atoms with Crippen LogP contribution in [0.4, 0.5) is 11.4 Å². The molecule has 0 aliphatic heterocycles. The Labute approximate surface area is 174 Å². The molecule has 0 aliphatic rings. The van der Waals surface area contributed by atoms with Gasteiger partial charge in [0, 0.05) is 45.8 Å². The summed E-state index contributed by atoms with van der Waals surface area (Å²) in [5.41, 5.74) is 3.17. The third-order valence-electron chi connectivity index (χ3n) is 4.03. The summed E-state index contributed by atoms with van der Waals surface area (Å²) in [5.74, 6) is 1.17. The van der Waals surface area contributed by atoms with E-state index in [2.05, 4.69) is 10.6 Å². The zero-order valence-corrected chi connectivity index (χ0v) is 17.6. The Kier molecular flexibility index (Phi) is 8.48. The molecule has 0 aliphatic carbocycles. The second-order valence-corrected chi connectivity index (χ2v) is 8.07. The summed E-state index contributed by atoms with van der Waals surface area (Å²) in [4.78, 5) is 24.0. The fourth-order valence-electron chi connectivity index (χ4n) is 2.34. The topological polar surface area (TPSA) is 58.2 Å². The summed E-state index contributed by atoms with van der Waals surface area (Å²) in [5, 5.41) is 6.99. The van der Waals surface area contributed by atoms with Gasteiger partial charge in [-0.15, -0.1) is 0 Å². The number of anilines is 2. The molecule has 4 nitrogen and oxygen atoms in total. The van der Waals surface area contributed by atoms with E-state index in [1.807, 2.05) is 26.0 Å². The van der Waals surface area contributed by atoms with Crippen molar-refractivity contribution in [2.75, 3.05) is 22.1 Å². The zero-order valence-electron chi connectivity index (χ0n) is 15.3. The maximum atomic E-state index is 12.0. The van der Waals surface area contributed by atoms with Gasteiger partial charge in [-0.05, 0) is 49.2 Å². The molecule has 0 bridgehead atoms. The first-order valence-corrected chi connectivity index (χ1v) is 10.5. The molecule has 2 aromatic carbocycles. The molecule has 0 saturated carbocycles. The van der Waals surface area contributed by atoms with Crippen molar-refractivity contribution in [1.82, 2.24) is 0 Å². The summed E-state index contributed by atoms with van der Waals surface area (Å²) in [6.45, 7) is 3.74. The second-order valence-electron chi connectivity index (χ2n) is 6.03. The molecule has 0 radical (unpaired) electrons. The van der Waals surface area contributed by atoms with Crippen molar-refractivity contribution in [2.45, 2.75) is 26.7 Å². The van der Waals surface area contributed by atoms with Gasteiger partial charge in [-0.3, -0.25) is 9.59 Å². The molecule has 27 heavy (non-hydrogen) atoms. The lowest BCUT2D eigenvalue weighted by Crippen LogP contribution is -2.14. The molecule has 7 heteroatoms. The summed E-state index contributed by atoms with van der Waals surface area (Å²) < 4.78 is 0. The summed E-state index contributed by atoms with van der Waals surface area (Å²) in [6, 6.07) is 10.8. The third-order valence-corrected chi connectivity index (χ3v) is 5.84. The molecular formula is C20H22Cl2N2O2S. The molecule has 2 N–H and O–H groups in total. The van der Waals surface area contributed by atoms with Gasteiger partial charge in [-0.2, -0.15) is 11.8 Å². The van der Waals surface area contributed by atoms with E-state index in [4.69, 9.17) is 23.2 Å². The highest BCUT2D eigenvalue weighted by molar-refractivity contribution is 7.99. The van der Waals surface area contributed by atoms with Crippen LogP contribution in [0.1, 0.15) is 24.0 Å². The minimum absolute atomic E-state index is 0.0631. The number of halogens is 2. The average Bonchev–Trinajstić information content (AvgIpc) is 2.62. The van der Waals surface area contributed by atoms with Crippen LogP contribution in [0.3, 0.4) is 0 Å². The van der Waals surface area contributed by atoms with E-state index < -0.39 is 0 Å². The van der Waals surface area contributed by atoms with Crippen LogP contribution in [-0.4, -0.2) is 23.3 Å². The van der Waals surface area contributed by atoms with Crippen molar-refractivity contribution in [2.24, 2.45) is 0 Å². The first kappa shape index (κ1) is 21.6. The van der Waals surface area contributed by atoms with Gasteiger partial charge < -0.3 is 10.6 Å². The number of hydrogen-bond acceptors (Lipinski definition) is 3. The van der Waals surface area contributed by atoms with Gasteiger partial charge in [0.1, 0.15) is 0 Å². The fraction of sp³-hybridized carbons (Fsp3) is 0.300. The molecular weight excluding hydrogens is 403 g/mol. The molecule has 0 unspecified atom stereocenters. The van der Waals surface area contributed by atoms with Crippen LogP contribution in [0, 0.1) is 13.8 Å². The molecule has 0 atom stereocenters. The predicted octanol–water partition coefficient (Wildman–Crippen LogP) is 5.70. The lowest BCUT2D eigenvalue weighted by molar-refractivity contribution is -0.116. The molecule has 0 heterocycles. The smallest absolute Gasteiger partial charge is 0.225 e. The normalized spacial score (nSPS) is 10.5. The Morgan fingerprint density at radius 2 is 1.22 bits per heavy atom. The molecule has 0 fully saturated rings. The minimum atomic E-state index is -0.0631. The van der Waals surface area contributed by atoms with Crippen LogP contribution in [0.2, 0.25) is 10.0 Å². The maximum absolute atomic E-state index is 12.0. The van der Waals surface area contributed by atoms with E-state index in [1.54, 1.807) is 36.0 Å². The lowest BCUT2D eigenvalue weighted by atomic mass is 10.2. The largest absolute Gasteiger partial charge is 0.326 e. The van der Waals surface area contributed by atoms with Gasteiger partial charge in [0.25, 0.3) is 0 Å². The number of benzene rings is 2. The molecule has 0 saturated heterocycles. The lowest BCUT2D eigenvalue weighted by Gasteiger charge is -2.10. The highest BCUT2D eigenvalue weighted by Gasteiger charge is 2.09. The Bertz CT molecular complexity index is 760. The monoisotopic (exact) mass is 424 g/mol. The Morgan fingerprint density at radius 3 is 1.63 bits per heavy atom. The second kappa shape index (κ2) is 10.6. The van der Waals surface area contributed by atoms with Gasteiger partial charge in [0.2, 0.25) is 11.8 Å². The summed E-state index contributed by atoms with van der Waals surface area (Å²) in [6.07, 6.45) is 0.761. The van der Waals surface area contributed by atoms with Crippen LogP contribution in [0.5, 0.6) is 0 Å². The van der Waals surface area contributed by atoms with Crippen molar-refractivity contribution in [3.63, 3.8) is 0 Å². The van der Waals surface area contributed by atoms with Crippen LogP contribution in [-0.2, 0) is 9.59 Å². The van der Waals surface area contributed by atoms with Crippen molar-refractivity contribution in [3.05, 3.63) is 57.6 Å². The fourth-order valence-corrected chi connectivity index (χ4v) is 3.56. The van der Waals surface area contributed by atoms with Gasteiger partial charge in [0.15, 0.2) is 0 Å². The summed E-state index contributed by atoms with van der Waals surface area (Å²) in [7, 11) is 0. The van der Waals surface area contributed by atoms with Crippen molar-refractivity contribution in [3.8, 4) is 0 Å². The quantitative estimate of drug-likeness (QED) is 0.534. The molecule has 2 aromatic rings. The van der Waals surface area contributed by atoms with E-state index in [0.717, 1.165) is 22.5 Å². The van der Waals surface area contributed by atoms with Gasteiger partial charge in [0.05, 0.1) is 0 Å². The van der Waals surface area contributed by atoms with E-state index in [-0.39, 0.29) is 11.8 Å². The van der Waals surface area contributed by atoms with Gasteiger partial charge in [-0.25, -0.2) is 0 Å². The van der Waals surface area contributed by atoms with Crippen LogP contribution < -0.4 is 10.6 Å². The number of nitrogens with one attached hydrogen (secondary N) is 2. The Hall–Kier alpha value is -1.69. The molecule has 0 aromatic heterocycles.